The summed E-state index contributed by atoms with van der Waals surface area (Å²) in [6.45, 7) is -0.121. The van der Waals surface area contributed by atoms with Gasteiger partial charge in [0.25, 0.3) is 0 Å². The average Bonchev–Trinajstić information content (AvgIpc) is 3.37. The standard InChI is InChI=1S/C19H15BrClF4N5O/c20-15-16(11-3-4-11)30(27-17(15)19(23,24)25)9-14(31)26-18-13(21)8-29(28-18)7-10-1-5-12(22)6-2-10/h1-2,5-6,8,11H,3-4,7,9H2,(H,26,28,31). The van der Waals surface area contributed by atoms with E-state index in [0.717, 1.165) is 23.1 Å². The summed E-state index contributed by atoms with van der Waals surface area (Å²) in [6.07, 6.45) is -1.67. The van der Waals surface area contributed by atoms with Crippen LogP contribution in [0.3, 0.4) is 0 Å². The Hall–Kier alpha value is -2.40. The molecule has 1 fully saturated rings. The van der Waals surface area contributed by atoms with Gasteiger partial charge < -0.3 is 5.32 Å². The maximum absolute atomic E-state index is 13.2. The predicted molar refractivity (Wildman–Crippen MR) is 108 cm³/mol. The first-order chi connectivity index (χ1) is 14.6. The molecule has 0 spiro atoms. The van der Waals surface area contributed by atoms with Crippen LogP contribution in [0.25, 0.3) is 0 Å². The van der Waals surface area contributed by atoms with Gasteiger partial charge in [-0.1, -0.05) is 23.7 Å². The number of carbonyl (C=O) groups is 1. The molecule has 4 rings (SSSR count). The summed E-state index contributed by atoms with van der Waals surface area (Å²) in [5.74, 6) is -0.965. The number of halogens is 6. The average molecular weight is 521 g/mol. The van der Waals surface area contributed by atoms with E-state index in [1.165, 1.54) is 23.0 Å². The summed E-state index contributed by atoms with van der Waals surface area (Å²) in [6, 6.07) is 5.82. The van der Waals surface area contributed by atoms with Crippen LogP contribution < -0.4 is 5.32 Å². The molecule has 0 unspecified atom stereocenters. The summed E-state index contributed by atoms with van der Waals surface area (Å²) >= 11 is 9.12. The fraction of sp³-hybridized carbons (Fsp3) is 0.316. The van der Waals surface area contributed by atoms with Crippen LogP contribution in [0.2, 0.25) is 5.02 Å². The molecule has 0 atom stereocenters. The van der Waals surface area contributed by atoms with Crippen LogP contribution in [0, 0.1) is 5.82 Å². The van der Waals surface area contributed by atoms with Crippen LogP contribution in [0.1, 0.15) is 35.7 Å². The third kappa shape index (κ3) is 4.93. The van der Waals surface area contributed by atoms with Gasteiger partial charge in [-0.3, -0.25) is 14.2 Å². The van der Waals surface area contributed by atoms with Gasteiger partial charge in [0.2, 0.25) is 5.91 Å². The normalized spacial score (nSPS) is 14.1. The molecule has 1 aromatic carbocycles. The lowest BCUT2D eigenvalue weighted by molar-refractivity contribution is -0.142. The van der Waals surface area contributed by atoms with Crippen molar-refractivity contribution in [1.29, 1.82) is 0 Å². The van der Waals surface area contributed by atoms with Gasteiger partial charge in [0, 0.05) is 12.1 Å². The number of rotatable bonds is 6. The Morgan fingerprint density at radius 1 is 1.23 bits per heavy atom. The number of carbonyl (C=O) groups excluding carboxylic acids is 1. The molecule has 0 radical (unpaired) electrons. The van der Waals surface area contributed by atoms with Gasteiger partial charge in [0.1, 0.15) is 17.4 Å². The molecule has 1 saturated carbocycles. The Balaban J connectivity index is 1.48. The molecular weight excluding hydrogens is 506 g/mol. The van der Waals surface area contributed by atoms with Crippen molar-refractivity contribution in [2.24, 2.45) is 0 Å². The van der Waals surface area contributed by atoms with E-state index in [2.05, 4.69) is 31.4 Å². The molecular formula is C19H15BrClF4N5O. The molecule has 1 amide bonds. The van der Waals surface area contributed by atoms with E-state index in [0.29, 0.717) is 12.2 Å². The second-order valence-corrected chi connectivity index (χ2v) is 8.38. The number of aromatic nitrogens is 4. The Morgan fingerprint density at radius 3 is 2.52 bits per heavy atom. The van der Waals surface area contributed by atoms with Crippen LogP contribution in [-0.4, -0.2) is 25.5 Å². The highest BCUT2D eigenvalue weighted by molar-refractivity contribution is 9.10. The summed E-state index contributed by atoms with van der Waals surface area (Å²) < 4.78 is 55.1. The SMILES string of the molecule is O=C(Cn1nc(C(F)(F)F)c(Br)c1C1CC1)Nc1nn(Cc2ccc(F)cc2)cc1Cl. The third-order valence-corrected chi connectivity index (χ3v) is 5.75. The number of nitrogens with zero attached hydrogens (tertiary/aromatic N) is 4. The second-order valence-electron chi connectivity index (χ2n) is 7.18. The minimum absolute atomic E-state index is 0.0655. The fourth-order valence-corrected chi connectivity index (χ4v) is 4.18. The second kappa shape index (κ2) is 8.27. The molecule has 1 N–H and O–H groups in total. The molecule has 164 valence electrons. The van der Waals surface area contributed by atoms with E-state index in [1.807, 2.05) is 0 Å². The Morgan fingerprint density at radius 2 is 1.90 bits per heavy atom. The number of amides is 1. The van der Waals surface area contributed by atoms with Crippen LogP contribution in [0.4, 0.5) is 23.4 Å². The highest BCUT2D eigenvalue weighted by Crippen LogP contribution is 2.47. The fourth-order valence-electron chi connectivity index (χ4n) is 3.15. The van der Waals surface area contributed by atoms with E-state index in [-0.39, 0.29) is 27.0 Å². The Labute approximate surface area is 187 Å². The summed E-state index contributed by atoms with van der Waals surface area (Å²) in [5.41, 5.74) is 0.0767. The topological polar surface area (TPSA) is 64.7 Å². The quantitative estimate of drug-likeness (QED) is 0.454. The van der Waals surface area contributed by atoms with Gasteiger partial charge in [-0.15, -0.1) is 0 Å². The van der Waals surface area contributed by atoms with Crippen molar-refractivity contribution in [2.45, 2.75) is 38.0 Å². The zero-order chi connectivity index (χ0) is 22.3. The van der Waals surface area contributed by atoms with Gasteiger partial charge in [0.15, 0.2) is 11.5 Å². The molecule has 1 aliphatic carbocycles. The third-order valence-electron chi connectivity index (χ3n) is 4.69. The minimum atomic E-state index is -4.63. The summed E-state index contributed by atoms with van der Waals surface area (Å²) in [5, 5.41) is 10.5. The van der Waals surface area contributed by atoms with Crippen molar-refractivity contribution < 1.29 is 22.4 Å². The van der Waals surface area contributed by atoms with E-state index in [1.54, 1.807) is 12.1 Å². The van der Waals surface area contributed by atoms with Gasteiger partial charge in [0.05, 0.1) is 16.7 Å². The van der Waals surface area contributed by atoms with E-state index in [4.69, 9.17) is 11.6 Å². The minimum Gasteiger partial charge on any atom is -0.306 e. The number of alkyl halides is 3. The van der Waals surface area contributed by atoms with Crippen molar-refractivity contribution in [1.82, 2.24) is 19.6 Å². The Kier molecular flexibility index (Phi) is 5.82. The van der Waals surface area contributed by atoms with Crippen molar-refractivity contribution in [3.63, 3.8) is 0 Å². The number of hydrogen-bond donors (Lipinski definition) is 1. The van der Waals surface area contributed by atoms with Gasteiger partial charge in [-0.25, -0.2) is 4.39 Å². The Bertz CT molecular complexity index is 1120. The van der Waals surface area contributed by atoms with Crippen LogP contribution in [0.15, 0.2) is 34.9 Å². The molecule has 0 bridgehead atoms. The first-order valence-corrected chi connectivity index (χ1v) is 10.4. The van der Waals surface area contributed by atoms with Crippen molar-refractivity contribution >= 4 is 39.3 Å². The molecule has 31 heavy (non-hydrogen) atoms. The molecule has 0 aliphatic heterocycles. The maximum Gasteiger partial charge on any atom is 0.436 e. The zero-order valence-corrected chi connectivity index (χ0v) is 18.1. The largest absolute Gasteiger partial charge is 0.436 e. The van der Waals surface area contributed by atoms with Crippen molar-refractivity contribution in [2.75, 3.05) is 5.32 Å². The lowest BCUT2D eigenvalue weighted by Crippen LogP contribution is -2.22. The summed E-state index contributed by atoms with van der Waals surface area (Å²) in [7, 11) is 0. The smallest absolute Gasteiger partial charge is 0.306 e. The monoisotopic (exact) mass is 519 g/mol. The summed E-state index contributed by atoms with van der Waals surface area (Å²) in [4.78, 5) is 12.5. The van der Waals surface area contributed by atoms with Crippen molar-refractivity contribution in [3.05, 3.63) is 62.7 Å². The van der Waals surface area contributed by atoms with E-state index >= 15 is 0 Å². The number of anilines is 1. The van der Waals surface area contributed by atoms with Crippen LogP contribution in [-0.2, 0) is 24.1 Å². The highest BCUT2D eigenvalue weighted by Gasteiger charge is 2.42. The highest BCUT2D eigenvalue weighted by atomic mass is 79.9. The molecule has 1 aliphatic rings. The van der Waals surface area contributed by atoms with Crippen molar-refractivity contribution in [3.8, 4) is 0 Å². The predicted octanol–water partition coefficient (Wildman–Crippen LogP) is 5.22. The lowest BCUT2D eigenvalue weighted by atomic mass is 10.2. The van der Waals surface area contributed by atoms with Crippen LogP contribution >= 0.6 is 27.5 Å². The lowest BCUT2D eigenvalue weighted by Gasteiger charge is -2.07. The first kappa shape index (κ1) is 21.8. The first-order valence-electron chi connectivity index (χ1n) is 9.22. The van der Waals surface area contributed by atoms with Gasteiger partial charge >= 0.3 is 6.18 Å². The molecule has 2 heterocycles. The number of hydrogen-bond acceptors (Lipinski definition) is 3. The van der Waals surface area contributed by atoms with Gasteiger partial charge in [-0.2, -0.15) is 23.4 Å². The maximum atomic E-state index is 13.2. The van der Waals surface area contributed by atoms with E-state index in [9.17, 15) is 22.4 Å². The molecule has 2 aromatic heterocycles. The number of nitrogens with one attached hydrogen (secondary N) is 1. The molecule has 6 nitrogen and oxygen atoms in total. The number of benzene rings is 1. The molecule has 12 heteroatoms. The van der Waals surface area contributed by atoms with E-state index < -0.39 is 24.3 Å². The molecule has 3 aromatic rings. The van der Waals surface area contributed by atoms with Crippen LogP contribution in [0.5, 0.6) is 0 Å². The molecule has 0 saturated heterocycles. The zero-order valence-electron chi connectivity index (χ0n) is 15.8. The van der Waals surface area contributed by atoms with Gasteiger partial charge in [-0.05, 0) is 46.5 Å².